The summed E-state index contributed by atoms with van der Waals surface area (Å²) in [6.45, 7) is 7.48. The number of nitrogens with one attached hydrogen (secondary N) is 1. The zero-order valence-corrected chi connectivity index (χ0v) is 8.67. The summed E-state index contributed by atoms with van der Waals surface area (Å²) >= 11 is 0. The average Bonchev–Trinajstić information content (AvgIpc) is 2.14. The van der Waals surface area contributed by atoms with E-state index in [9.17, 15) is 0 Å². The molecule has 0 aromatic carbocycles. The molecule has 13 heavy (non-hydrogen) atoms. The first-order valence-electron chi connectivity index (χ1n) is 4.89. The van der Waals surface area contributed by atoms with E-state index in [0.717, 1.165) is 6.54 Å². The summed E-state index contributed by atoms with van der Waals surface area (Å²) in [6, 6.07) is 2.59. The molecule has 2 nitrogen and oxygen atoms in total. The highest BCUT2D eigenvalue weighted by molar-refractivity contribution is 5.19. The highest BCUT2D eigenvalue weighted by Crippen LogP contribution is 2.11. The predicted octanol–water partition coefficient (Wildman–Crippen LogP) is 2.45. The second kappa shape index (κ2) is 4.97. The molecule has 1 atom stereocenters. The molecule has 0 aliphatic carbocycles. The zero-order chi connectivity index (χ0) is 9.68. The Balaban J connectivity index is 2.60. The molecule has 1 aromatic heterocycles. The van der Waals surface area contributed by atoms with Gasteiger partial charge in [0, 0.05) is 18.4 Å². The van der Waals surface area contributed by atoms with Gasteiger partial charge >= 0.3 is 0 Å². The van der Waals surface area contributed by atoms with Crippen molar-refractivity contribution < 1.29 is 0 Å². The van der Waals surface area contributed by atoms with E-state index in [1.54, 1.807) is 0 Å². The fraction of sp³-hybridized carbons (Fsp3) is 0.545. The fourth-order valence-corrected chi connectivity index (χ4v) is 1.29. The monoisotopic (exact) mass is 178 g/mol. The molecule has 0 saturated carbocycles. The lowest BCUT2D eigenvalue weighted by molar-refractivity contribution is 0.569. The van der Waals surface area contributed by atoms with Gasteiger partial charge in [-0.25, -0.2) is 0 Å². The molecule has 0 fully saturated rings. The lowest BCUT2D eigenvalue weighted by atomic mass is 10.1. The summed E-state index contributed by atoms with van der Waals surface area (Å²) in [4.78, 5) is 4.17. The van der Waals surface area contributed by atoms with E-state index >= 15 is 0 Å². The number of aryl methyl sites for hydroxylation is 1. The Morgan fingerprint density at radius 2 is 2.23 bits per heavy atom. The SMILES string of the molecule is CCCNC(C)c1cncc(C)c1. The summed E-state index contributed by atoms with van der Waals surface area (Å²) in [5, 5.41) is 3.44. The molecule has 2 heteroatoms. The number of nitrogens with zero attached hydrogens (tertiary/aromatic N) is 1. The van der Waals surface area contributed by atoms with E-state index in [1.165, 1.54) is 17.5 Å². The molecule has 1 N–H and O–H groups in total. The van der Waals surface area contributed by atoms with Crippen molar-refractivity contribution in [1.29, 1.82) is 0 Å². The van der Waals surface area contributed by atoms with Gasteiger partial charge in [-0.2, -0.15) is 0 Å². The Kier molecular flexibility index (Phi) is 3.90. The molecule has 0 amide bonds. The fourth-order valence-electron chi connectivity index (χ4n) is 1.29. The van der Waals surface area contributed by atoms with Gasteiger partial charge in [0.15, 0.2) is 0 Å². The Hall–Kier alpha value is -0.890. The Morgan fingerprint density at radius 1 is 1.46 bits per heavy atom. The second-order valence-electron chi connectivity index (χ2n) is 3.47. The summed E-state index contributed by atoms with van der Waals surface area (Å²) in [6.07, 6.45) is 4.99. The molecular formula is C11H18N2. The molecule has 1 unspecified atom stereocenters. The van der Waals surface area contributed by atoms with Crippen LogP contribution in [0.4, 0.5) is 0 Å². The minimum Gasteiger partial charge on any atom is -0.310 e. The van der Waals surface area contributed by atoms with E-state index in [-0.39, 0.29) is 0 Å². The van der Waals surface area contributed by atoms with Gasteiger partial charge in [0.2, 0.25) is 0 Å². The number of aromatic nitrogens is 1. The van der Waals surface area contributed by atoms with Crippen LogP contribution in [0.25, 0.3) is 0 Å². The van der Waals surface area contributed by atoms with E-state index in [4.69, 9.17) is 0 Å². The van der Waals surface area contributed by atoms with Gasteiger partial charge < -0.3 is 5.32 Å². The summed E-state index contributed by atoms with van der Waals surface area (Å²) in [5.41, 5.74) is 2.50. The van der Waals surface area contributed by atoms with Crippen LogP contribution in [0.15, 0.2) is 18.5 Å². The zero-order valence-electron chi connectivity index (χ0n) is 8.67. The molecule has 1 rings (SSSR count). The highest BCUT2D eigenvalue weighted by atomic mass is 14.9. The van der Waals surface area contributed by atoms with Gasteiger partial charge in [-0.15, -0.1) is 0 Å². The first-order valence-corrected chi connectivity index (χ1v) is 4.89. The lowest BCUT2D eigenvalue weighted by Crippen LogP contribution is -2.19. The van der Waals surface area contributed by atoms with Crippen LogP contribution < -0.4 is 5.32 Å². The second-order valence-corrected chi connectivity index (χ2v) is 3.47. The van der Waals surface area contributed by atoms with Crippen molar-refractivity contribution in [2.24, 2.45) is 0 Å². The third-order valence-electron chi connectivity index (χ3n) is 2.10. The third kappa shape index (κ3) is 3.15. The van der Waals surface area contributed by atoms with Crippen molar-refractivity contribution in [3.05, 3.63) is 29.6 Å². The molecule has 72 valence electrons. The van der Waals surface area contributed by atoms with Crippen molar-refractivity contribution in [1.82, 2.24) is 10.3 Å². The number of hydrogen-bond acceptors (Lipinski definition) is 2. The quantitative estimate of drug-likeness (QED) is 0.766. The molecule has 0 aliphatic heterocycles. The van der Waals surface area contributed by atoms with E-state index in [2.05, 4.69) is 37.1 Å². The highest BCUT2D eigenvalue weighted by Gasteiger charge is 2.03. The van der Waals surface area contributed by atoms with Crippen LogP contribution in [-0.2, 0) is 0 Å². The maximum Gasteiger partial charge on any atom is 0.0315 e. The Labute approximate surface area is 80.4 Å². The van der Waals surface area contributed by atoms with E-state index < -0.39 is 0 Å². The maximum absolute atomic E-state index is 4.17. The molecule has 1 aromatic rings. The lowest BCUT2D eigenvalue weighted by Gasteiger charge is -2.13. The topological polar surface area (TPSA) is 24.9 Å². The van der Waals surface area contributed by atoms with Crippen molar-refractivity contribution >= 4 is 0 Å². The van der Waals surface area contributed by atoms with Gasteiger partial charge in [0.05, 0.1) is 0 Å². The Morgan fingerprint density at radius 3 is 2.85 bits per heavy atom. The minimum atomic E-state index is 0.410. The molecule has 0 saturated heterocycles. The summed E-state index contributed by atoms with van der Waals surface area (Å²) in [7, 11) is 0. The molecular weight excluding hydrogens is 160 g/mol. The van der Waals surface area contributed by atoms with Crippen LogP contribution in [-0.4, -0.2) is 11.5 Å². The molecule has 0 spiro atoms. The Bertz CT molecular complexity index is 258. The smallest absolute Gasteiger partial charge is 0.0315 e. The normalized spacial score (nSPS) is 12.8. The maximum atomic E-state index is 4.17. The standard InChI is InChI=1S/C11H18N2/c1-4-5-13-10(3)11-6-9(2)7-12-8-11/h6-8,10,13H,4-5H2,1-3H3. The number of pyridine rings is 1. The van der Waals surface area contributed by atoms with Gasteiger partial charge in [-0.3, -0.25) is 4.98 Å². The number of hydrogen-bond donors (Lipinski definition) is 1. The largest absolute Gasteiger partial charge is 0.310 e. The molecule has 0 aliphatic rings. The van der Waals surface area contributed by atoms with Crippen LogP contribution in [0, 0.1) is 6.92 Å². The van der Waals surface area contributed by atoms with Crippen LogP contribution in [0.3, 0.4) is 0 Å². The van der Waals surface area contributed by atoms with Gasteiger partial charge in [0.1, 0.15) is 0 Å². The molecule has 0 bridgehead atoms. The summed E-state index contributed by atoms with van der Waals surface area (Å²) in [5.74, 6) is 0. The molecule has 1 heterocycles. The first-order chi connectivity index (χ1) is 6.24. The van der Waals surface area contributed by atoms with Gasteiger partial charge in [0.25, 0.3) is 0 Å². The van der Waals surface area contributed by atoms with Crippen molar-refractivity contribution in [2.75, 3.05) is 6.54 Å². The predicted molar refractivity (Wildman–Crippen MR) is 55.7 cm³/mol. The van der Waals surface area contributed by atoms with E-state index in [1.807, 2.05) is 12.4 Å². The van der Waals surface area contributed by atoms with Gasteiger partial charge in [-0.1, -0.05) is 13.0 Å². The van der Waals surface area contributed by atoms with Crippen LogP contribution in [0.5, 0.6) is 0 Å². The molecule has 0 radical (unpaired) electrons. The van der Waals surface area contributed by atoms with Crippen LogP contribution in [0.2, 0.25) is 0 Å². The van der Waals surface area contributed by atoms with Crippen molar-refractivity contribution in [3.8, 4) is 0 Å². The van der Waals surface area contributed by atoms with Crippen molar-refractivity contribution in [2.45, 2.75) is 33.2 Å². The number of rotatable bonds is 4. The van der Waals surface area contributed by atoms with E-state index in [0.29, 0.717) is 6.04 Å². The average molecular weight is 178 g/mol. The minimum absolute atomic E-state index is 0.410. The summed E-state index contributed by atoms with van der Waals surface area (Å²) < 4.78 is 0. The van der Waals surface area contributed by atoms with Gasteiger partial charge in [-0.05, 0) is 37.9 Å². The van der Waals surface area contributed by atoms with Crippen LogP contribution >= 0.6 is 0 Å². The van der Waals surface area contributed by atoms with Crippen molar-refractivity contribution in [3.63, 3.8) is 0 Å². The third-order valence-corrected chi connectivity index (χ3v) is 2.10. The first kappa shape index (κ1) is 10.2. The van der Waals surface area contributed by atoms with Crippen LogP contribution in [0.1, 0.15) is 37.4 Å².